The van der Waals surface area contributed by atoms with Crippen LogP contribution in [0.2, 0.25) is 0 Å². The fourth-order valence-electron chi connectivity index (χ4n) is 0.499. The average Bonchev–Trinajstić information content (AvgIpc) is 1.87. The molecule has 0 saturated carbocycles. The van der Waals surface area contributed by atoms with Crippen molar-refractivity contribution in [2.75, 3.05) is 0 Å². The van der Waals surface area contributed by atoms with Gasteiger partial charge in [-0.05, 0) is 12.8 Å². The maximum Gasteiger partial charge on any atom is 0.355 e. The first-order valence-corrected chi connectivity index (χ1v) is 2.92. The Bertz CT molecular complexity index is 121. The van der Waals surface area contributed by atoms with Crippen LogP contribution in [0.4, 0.5) is 0 Å². The molecule has 0 spiro atoms. The molecule has 0 saturated heterocycles. The second-order valence-corrected chi connectivity index (χ2v) is 1.90. The molecule has 0 aliphatic heterocycles. The summed E-state index contributed by atoms with van der Waals surface area (Å²) in [6.07, 6.45) is 0.436. The minimum absolute atomic E-state index is 0.126. The highest BCUT2D eigenvalue weighted by Gasteiger charge is 2.04. The van der Waals surface area contributed by atoms with Crippen molar-refractivity contribution < 1.29 is 19.8 Å². The molecule has 0 amide bonds. The smallest absolute Gasteiger partial charge is 0.355 e. The zero-order chi connectivity index (χ0) is 7.98. The summed E-state index contributed by atoms with van der Waals surface area (Å²) >= 11 is 0. The van der Waals surface area contributed by atoms with Crippen LogP contribution in [0.3, 0.4) is 0 Å². The Morgan fingerprint density at radius 2 is 2.20 bits per heavy atom. The predicted molar refractivity (Wildman–Crippen MR) is 31.2 cm³/mol. The van der Waals surface area contributed by atoms with Crippen molar-refractivity contribution >= 4 is 12.3 Å². The van der Waals surface area contributed by atoms with E-state index in [1.807, 2.05) is 0 Å². The van der Waals surface area contributed by atoms with Gasteiger partial charge >= 0.3 is 5.97 Å². The van der Waals surface area contributed by atoms with E-state index in [2.05, 4.69) is 0 Å². The van der Waals surface area contributed by atoms with Crippen LogP contribution >= 0.6 is 0 Å². The summed E-state index contributed by atoms with van der Waals surface area (Å²) in [7, 11) is 0. The molecule has 4 nitrogen and oxygen atoms in total. The van der Waals surface area contributed by atoms with Gasteiger partial charge in [-0.15, -0.1) is 0 Å². The number of rotatable bonds is 5. The van der Waals surface area contributed by atoms with E-state index in [0.717, 1.165) is 0 Å². The molecule has 0 aromatic carbocycles. The topological polar surface area (TPSA) is 74.3 Å². The third-order valence-electron chi connectivity index (χ3n) is 0.994. The molecule has 10 heavy (non-hydrogen) atoms. The molecule has 0 bridgehead atoms. The molecule has 1 atom stereocenters. The minimum Gasteiger partial charge on any atom is -0.385 e. The Labute approximate surface area is 58.5 Å². The summed E-state index contributed by atoms with van der Waals surface area (Å²) in [6, 6.07) is 0. The lowest BCUT2D eigenvalue weighted by Crippen LogP contribution is -2.07. The molecule has 0 aromatic rings. The van der Waals surface area contributed by atoms with Gasteiger partial charge in [0.25, 0.3) is 0 Å². The van der Waals surface area contributed by atoms with Gasteiger partial charge in [-0.25, -0.2) is 9.90 Å². The van der Waals surface area contributed by atoms with Crippen LogP contribution in [0, 0.1) is 0 Å². The average molecular weight is 144 g/mol. The van der Waals surface area contributed by atoms with Gasteiger partial charge in [0.1, 0.15) is 6.10 Å². The number of hydrogen-bond donors (Lipinski definition) is 1. The van der Waals surface area contributed by atoms with E-state index >= 15 is 0 Å². The van der Waals surface area contributed by atoms with E-state index in [1.165, 1.54) is 6.29 Å². The summed E-state index contributed by atoms with van der Waals surface area (Å²) < 4.78 is 0. The molecule has 0 aliphatic carbocycles. The minimum atomic E-state index is -1.17. The van der Waals surface area contributed by atoms with E-state index in [4.69, 9.17) is 5.11 Å². The molecule has 1 unspecified atom stereocenters. The zero-order valence-corrected chi connectivity index (χ0v) is 5.37. The fourth-order valence-corrected chi connectivity index (χ4v) is 0.499. The monoisotopic (exact) mass is 144 g/mol. The first-order chi connectivity index (χ1) is 4.66. The van der Waals surface area contributed by atoms with Crippen molar-refractivity contribution in [2.45, 2.75) is 25.4 Å². The van der Waals surface area contributed by atoms with Gasteiger partial charge in [0.2, 0.25) is 6.29 Å². The normalized spacial score (nSPS) is 12.5. The maximum atomic E-state index is 9.78. The van der Waals surface area contributed by atoms with Gasteiger partial charge in [0.15, 0.2) is 0 Å². The summed E-state index contributed by atoms with van der Waals surface area (Å²) in [5.74, 6) is -1.17. The van der Waals surface area contributed by atoms with Crippen molar-refractivity contribution in [2.24, 2.45) is 0 Å². The van der Waals surface area contributed by atoms with Crippen LogP contribution in [0.15, 0.2) is 0 Å². The molecular formula is C6H8O4. The lowest BCUT2D eigenvalue weighted by molar-refractivity contribution is -0.143. The number of carbonyl (C=O) groups excluding carboxylic acids is 2. The number of carbonyl (C=O) groups is 1. The second-order valence-electron chi connectivity index (χ2n) is 1.90. The quantitative estimate of drug-likeness (QED) is 0.569. The third-order valence-corrected chi connectivity index (χ3v) is 0.994. The Morgan fingerprint density at radius 1 is 1.60 bits per heavy atom. The Morgan fingerprint density at radius 3 is 2.60 bits per heavy atom. The molecule has 0 fully saturated rings. The van der Waals surface area contributed by atoms with Crippen molar-refractivity contribution in [1.82, 2.24) is 0 Å². The lowest BCUT2D eigenvalue weighted by atomic mass is 10.2. The van der Waals surface area contributed by atoms with Crippen molar-refractivity contribution in [3.63, 3.8) is 0 Å². The van der Waals surface area contributed by atoms with E-state index in [-0.39, 0.29) is 19.3 Å². The SMILES string of the molecule is [O]C(=O)CCCC(O)[C]=O. The van der Waals surface area contributed by atoms with Crippen LogP contribution in [0.5, 0.6) is 0 Å². The van der Waals surface area contributed by atoms with Crippen molar-refractivity contribution in [3.8, 4) is 0 Å². The molecule has 0 heterocycles. The predicted octanol–water partition coefficient (Wildman–Crippen LogP) is -0.416. The van der Waals surface area contributed by atoms with E-state index in [0.29, 0.717) is 0 Å². The van der Waals surface area contributed by atoms with E-state index < -0.39 is 12.1 Å². The van der Waals surface area contributed by atoms with Crippen LogP contribution in [-0.2, 0) is 14.7 Å². The molecule has 1 N–H and O–H groups in total. The molecule has 0 aromatic heterocycles. The summed E-state index contributed by atoms with van der Waals surface area (Å²) in [4.78, 5) is 19.4. The maximum absolute atomic E-state index is 9.78. The largest absolute Gasteiger partial charge is 0.385 e. The fraction of sp³-hybridized carbons (Fsp3) is 0.667. The van der Waals surface area contributed by atoms with Gasteiger partial charge < -0.3 is 5.11 Å². The highest BCUT2D eigenvalue weighted by atomic mass is 16.4. The van der Waals surface area contributed by atoms with Gasteiger partial charge in [-0.2, -0.15) is 0 Å². The van der Waals surface area contributed by atoms with Gasteiger partial charge in [0, 0.05) is 0 Å². The first-order valence-electron chi connectivity index (χ1n) is 2.92. The Kier molecular flexibility index (Phi) is 4.49. The summed E-state index contributed by atoms with van der Waals surface area (Å²) in [5, 5.41) is 18.3. The van der Waals surface area contributed by atoms with E-state index in [9.17, 15) is 14.7 Å². The molecule has 0 rings (SSSR count). The number of aliphatic hydroxyl groups is 1. The first kappa shape index (κ1) is 9.10. The van der Waals surface area contributed by atoms with Crippen molar-refractivity contribution in [3.05, 3.63) is 0 Å². The van der Waals surface area contributed by atoms with Crippen molar-refractivity contribution in [1.29, 1.82) is 0 Å². The lowest BCUT2D eigenvalue weighted by Gasteiger charge is -1.96. The summed E-state index contributed by atoms with van der Waals surface area (Å²) in [6.45, 7) is 0. The zero-order valence-electron chi connectivity index (χ0n) is 5.37. The van der Waals surface area contributed by atoms with E-state index in [1.54, 1.807) is 0 Å². The van der Waals surface area contributed by atoms with Crippen LogP contribution < -0.4 is 0 Å². The van der Waals surface area contributed by atoms with Crippen LogP contribution in [-0.4, -0.2) is 23.5 Å². The highest BCUT2D eigenvalue weighted by Crippen LogP contribution is 1.98. The Hall–Kier alpha value is -0.900. The van der Waals surface area contributed by atoms with Crippen LogP contribution in [0.1, 0.15) is 19.3 Å². The Balaban J connectivity index is 3.19. The molecular weight excluding hydrogens is 136 g/mol. The van der Waals surface area contributed by atoms with Gasteiger partial charge in [0.05, 0.1) is 6.42 Å². The second kappa shape index (κ2) is 4.93. The summed E-state index contributed by atoms with van der Waals surface area (Å²) in [5.41, 5.74) is 0. The van der Waals surface area contributed by atoms with Gasteiger partial charge in [-0.1, -0.05) is 0 Å². The highest BCUT2D eigenvalue weighted by molar-refractivity contribution is 5.66. The molecule has 0 aliphatic rings. The third kappa shape index (κ3) is 5.24. The standard InChI is InChI=1S/C6H8O4/c7-4-5(8)2-1-3-6(9)10/h5,8H,1-3H2. The number of hydrogen-bond acceptors (Lipinski definition) is 3. The van der Waals surface area contributed by atoms with Gasteiger partial charge in [-0.3, -0.25) is 4.79 Å². The molecule has 4 heteroatoms. The molecule has 2 radical (unpaired) electrons. The number of aliphatic hydroxyl groups excluding tert-OH is 1. The van der Waals surface area contributed by atoms with Crippen LogP contribution in [0.25, 0.3) is 0 Å². The molecule has 56 valence electrons.